The molecule has 0 radical (unpaired) electrons. The van der Waals surface area contributed by atoms with E-state index in [4.69, 9.17) is 9.47 Å². The van der Waals surface area contributed by atoms with Gasteiger partial charge in [0.25, 0.3) is 0 Å². The molecule has 0 amide bonds. The first-order chi connectivity index (χ1) is 18.7. The molecule has 0 aliphatic heterocycles. The molecule has 226 valence electrons. The van der Waals surface area contributed by atoms with Crippen molar-refractivity contribution in [1.82, 2.24) is 0 Å². The summed E-state index contributed by atoms with van der Waals surface area (Å²) in [4.78, 5) is 23.6. The first-order valence-electron chi connectivity index (χ1n) is 17.0. The van der Waals surface area contributed by atoms with Gasteiger partial charge < -0.3 is 9.47 Å². The van der Waals surface area contributed by atoms with Gasteiger partial charge in [-0.15, -0.1) is 0 Å². The van der Waals surface area contributed by atoms with Gasteiger partial charge in [-0.1, -0.05) is 168 Å². The second-order valence-corrected chi connectivity index (χ2v) is 11.4. The SMILES string of the molecule is CCCCCCCCCCCCCCCCCCOC(=O)CCC(=O)OCCCCCCCCCCCC. The lowest BCUT2D eigenvalue weighted by Crippen LogP contribution is -2.11. The molecule has 0 unspecified atom stereocenters. The highest BCUT2D eigenvalue weighted by atomic mass is 16.5. The van der Waals surface area contributed by atoms with Crippen LogP contribution in [0.3, 0.4) is 0 Å². The Labute approximate surface area is 237 Å². The molecule has 0 aromatic heterocycles. The summed E-state index contributed by atoms with van der Waals surface area (Å²) in [6.07, 6.45) is 34.2. The monoisotopic (exact) mass is 538 g/mol. The van der Waals surface area contributed by atoms with Crippen molar-refractivity contribution >= 4 is 11.9 Å². The Morgan fingerprint density at radius 1 is 0.342 bits per heavy atom. The van der Waals surface area contributed by atoms with E-state index in [0.29, 0.717) is 13.2 Å². The molecular formula is C34H66O4. The van der Waals surface area contributed by atoms with Crippen LogP contribution in [0.1, 0.15) is 194 Å². The van der Waals surface area contributed by atoms with E-state index in [1.165, 1.54) is 141 Å². The Balaban J connectivity index is 3.26. The molecule has 0 fully saturated rings. The number of carbonyl (C=O) groups is 2. The molecule has 0 aromatic rings. The van der Waals surface area contributed by atoms with E-state index in [0.717, 1.165) is 25.7 Å². The minimum Gasteiger partial charge on any atom is -0.466 e. The average molecular weight is 539 g/mol. The zero-order chi connectivity index (χ0) is 27.8. The predicted octanol–water partition coefficient (Wildman–Crippen LogP) is 11.0. The van der Waals surface area contributed by atoms with Crippen LogP contribution in [-0.4, -0.2) is 25.2 Å². The molecule has 0 bridgehead atoms. The molecule has 0 rings (SSSR count). The molecule has 0 aliphatic rings. The smallest absolute Gasteiger partial charge is 0.306 e. The molecule has 0 heterocycles. The highest BCUT2D eigenvalue weighted by Crippen LogP contribution is 2.14. The second kappa shape index (κ2) is 32.2. The minimum absolute atomic E-state index is 0.134. The maximum absolute atomic E-state index is 11.8. The standard InChI is InChI=1S/C34H66O4/c1-3-5-7-9-11-13-15-16-17-18-19-20-22-24-26-28-32-38-34(36)30-29-33(35)37-31-27-25-23-21-14-12-10-8-6-4-2/h3-32H2,1-2H3. The average Bonchev–Trinajstić information content (AvgIpc) is 2.92. The van der Waals surface area contributed by atoms with Crippen LogP contribution in [0, 0.1) is 0 Å². The van der Waals surface area contributed by atoms with E-state index in [2.05, 4.69) is 13.8 Å². The third-order valence-corrected chi connectivity index (χ3v) is 7.56. The zero-order valence-electron chi connectivity index (χ0n) is 25.8. The van der Waals surface area contributed by atoms with Gasteiger partial charge in [-0.05, 0) is 12.8 Å². The molecule has 0 aromatic carbocycles. The molecular weight excluding hydrogens is 472 g/mol. The van der Waals surface area contributed by atoms with Gasteiger partial charge in [0.05, 0.1) is 26.1 Å². The number of rotatable bonds is 31. The third kappa shape index (κ3) is 31.2. The summed E-state index contributed by atoms with van der Waals surface area (Å²) in [6, 6.07) is 0. The van der Waals surface area contributed by atoms with Crippen molar-refractivity contribution in [3.8, 4) is 0 Å². The molecule has 38 heavy (non-hydrogen) atoms. The fourth-order valence-corrected chi connectivity index (χ4v) is 4.96. The van der Waals surface area contributed by atoms with Gasteiger partial charge in [-0.3, -0.25) is 9.59 Å². The summed E-state index contributed by atoms with van der Waals surface area (Å²) in [5, 5.41) is 0. The van der Waals surface area contributed by atoms with Crippen molar-refractivity contribution in [3.05, 3.63) is 0 Å². The van der Waals surface area contributed by atoms with Crippen LogP contribution in [0.25, 0.3) is 0 Å². The van der Waals surface area contributed by atoms with Crippen molar-refractivity contribution in [2.24, 2.45) is 0 Å². The maximum Gasteiger partial charge on any atom is 0.306 e. The van der Waals surface area contributed by atoms with Gasteiger partial charge >= 0.3 is 11.9 Å². The molecule has 0 spiro atoms. The normalized spacial score (nSPS) is 11.1. The maximum atomic E-state index is 11.8. The first kappa shape index (κ1) is 36.9. The lowest BCUT2D eigenvalue weighted by molar-refractivity contribution is -0.150. The Hall–Kier alpha value is -1.06. The van der Waals surface area contributed by atoms with Crippen LogP contribution in [0.5, 0.6) is 0 Å². The summed E-state index contributed by atoms with van der Waals surface area (Å²) in [7, 11) is 0. The third-order valence-electron chi connectivity index (χ3n) is 7.56. The first-order valence-corrected chi connectivity index (χ1v) is 17.0. The van der Waals surface area contributed by atoms with Crippen molar-refractivity contribution in [3.63, 3.8) is 0 Å². The van der Waals surface area contributed by atoms with Crippen LogP contribution in [0.2, 0.25) is 0 Å². The van der Waals surface area contributed by atoms with E-state index in [1.54, 1.807) is 0 Å². The van der Waals surface area contributed by atoms with Crippen LogP contribution in [0.15, 0.2) is 0 Å². The highest BCUT2D eigenvalue weighted by molar-refractivity contribution is 5.77. The number of ether oxygens (including phenoxy) is 2. The summed E-state index contributed by atoms with van der Waals surface area (Å²) >= 11 is 0. The molecule has 0 saturated carbocycles. The number of hydrogen-bond donors (Lipinski definition) is 0. The number of carbonyl (C=O) groups excluding carboxylic acids is 2. The fourth-order valence-electron chi connectivity index (χ4n) is 4.96. The van der Waals surface area contributed by atoms with Gasteiger partial charge in [0.1, 0.15) is 0 Å². The number of esters is 2. The van der Waals surface area contributed by atoms with E-state index in [1.807, 2.05) is 0 Å². The minimum atomic E-state index is -0.278. The topological polar surface area (TPSA) is 52.6 Å². The Morgan fingerprint density at radius 2 is 0.553 bits per heavy atom. The Bertz CT molecular complexity index is 491. The second-order valence-electron chi connectivity index (χ2n) is 11.4. The van der Waals surface area contributed by atoms with Gasteiger partial charge in [-0.25, -0.2) is 0 Å². The quantitative estimate of drug-likeness (QED) is 0.0650. The predicted molar refractivity (Wildman–Crippen MR) is 163 cm³/mol. The van der Waals surface area contributed by atoms with E-state index >= 15 is 0 Å². The van der Waals surface area contributed by atoms with Crippen molar-refractivity contribution in [2.45, 2.75) is 194 Å². The van der Waals surface area contributed by atoms with Crippen molar-refractivity contribution in [2.75, 3.05) is 13.2 Å². The van der Waals surface area contributed by atoms with Crippen LogP contribution >= 0.6 is 0 Å². The Kier molecular flexibility index (Phi) is 31.3. The van der Waals surface area contributed by atoms with Gasteiger partial charge in [-0.2, -0.15) is 0 Å². The van der Waals surface area contributed by atoms with Crippen molar-refractivity contribution in [1.29, 1.82) is 0 Å². The molecule has 4 nitrogen and oxygen atoms in total. The fraction of sp³-hybridized carbons (Fsp3) is 0.941. The van der Waals surface area contributed by atoms with Gasteiger partial charge in [0, 0.05) is 0 Å². The molecule has 0 aliphatic carbocycles. The summed E-state index contributed by atoms with van der Waals surface area (Å²) in [5.41, 5.74) is 0. The van der Waals surface area contributed by atoms with Gasteiger partial charge in [0.15, 0.2) is 0 Å². The lowest BCUT2D eigenvalue weighted by atomic mass is 10.0. The number of unbranched alkanes of at least 4 members (excludes halogenated alkanes) is 24. The molecule has 0 N–H and O–H groups in total. The largest absolute Gasteiger partial charge is 0.466 e. The zero-order valence-corrected chi connectivity index (χ0v) is 25.8. The Morgan fingerprint density at radius 3 is 0.789 bits per heavy atom. The molecule has 0 saturated heterocycles. The van der Waals surface area contributed by atoms with E-state index in [-0.39, 0.29) is 24.8 Å². The van der Waals surface area contributed by atoms with Crippen LogP contribution < -0.4 is 0 Å². The van der Waals surface area contributed by atoms with Crippen molar-refractivity contribution < 1.29 is 19.1 Å². The summed E-state index contributed by atoms with van der Waals surface area (Å²) < 4.78 is 10.5. The van der Waals surface area contributed by atoms with E-state index in [9.17, 15) is 9.59 Å². The number of hydrogen-bond acceptors (Lipinski definition) is 4. The molecule has 4 heteroatoms. The summed E-state index contributed by atoms with van der Waals surface area (Å²) in [5.74, 6) is -0.554. The van der Waals surface area contributed by atoms with Crippen LogP contribution in [0.4, 0.5) is 0 Å². The lowest BCUT2D eigenvalue weighted by Gasteiger charge is -2.06. The van der Waals surface area contributed by atoms with Crippen LogP contribution in [-0.2, 0) is 19.1 Å². The summed E-state index contributed by atoms with van der Waals surface area (Å²) in [6.45, 7) is 5.48. The van der Waals surface area contributed by atoms with Gasteiger partial charge in [0.2, 0.25) is 0 Å². The van der Waals surface area contributed by atoms with E-state index < -0.39 is 0 Å². The molecule has 0 atom stereocenters. The highest BCUT2D eigenvalue weighted by Gasteiger charge is 2.09.